The van der Waals surface area contributed by atoms with Gasteiger partial charge in [-0.05, 0) is 42.0 Å². The minimum Gasteiger partial charge on any atom is -0.469 e. The molecule has 0 unspecified atom stereocenters. The Morgan fingerprint density at radius 3 is 2.82 bits per heavy atom. The number of thioether (sulfide) groups is 1. The first kappa shape index (κ1) is 18.8. The lowest BCUT2D eigenvalue weighted by molar-refractivity contribution is -0.140. The minimum absolute atomic E-state index is 0.174. The van der Waals surface area contributed by atoms with E-state index in [0.717, 1.165) is 44.8 Å². The Hall–Kier alpha value is -2.50. The van der Waals surface area contributed by atoms with E-state index < -0.39 is 0 Å². The van der Waals surface area contributed by atoms with E-state index in [-0.39, 0.29) is 5.97 Å². The molecule has 0 atom stereocenters. The normalized spacial score (nSPS) is 11.2. The lowest BCUT2D eigenvalue weighted by atomic mass is 10.1. The number of furan rings is 1. The van der Waals surface area contributed by atoms with Gasteiger partial charge in [-0.2, -0.15) is 11.8 Å². The third-order valence-electron chi connectivity index (χ3n) is 4.43. The zero-order chi connectivity index (χ0) is 19.5. The zero-order valence-corrected chi connectivity index (χ0v) is 16.8. The Kier molecular flexibility index (Phi) is 5.55. The summed E-state index contributed by atoms with van der Waals surface area (Å²) in [6, 6.07) is 17.8. The van der Waals surface area contributed by atoms with Gasteiger partial charge in [-0.1, -0.05) is 29.8 Å². The number of halogens is 1. The lowest BCUT2D eigenvalue weighted by Crippen LogP contribution is -2.01. The van der Waals surface area contributed by atoms with Crippen molar-refractivity contribution in [3.8, 4) is 11.5 Å². The molecule has 0 amide bonds. The second-order valence-corrected chi connectivity index (χ2v) is 7.94. The smallest absolute Gasteiger partial charge is 0.306 e. The number of benzene rings is 2. The van der Waals surface area contributed by atoms with Crippen molar-refractivity contribution in [2.45, 2.75) is 12.2 Å². The standard InChI is InChI=1S/C22H18ClNO3S/c1-26-22(25)8-9-28-13-14-2-7-20-16(10-14)11-21(27-20)18-6-4-15-3-5-17(23)12-19(15)24-18/h2-7,10-12H,8-9,13H2,1H3. The number of fused-ring (bicyclic) bond motifs is 2. The molecule has 142 valence electrons. The van der Waals surface area contributed by atoms with Crippen LogP contribution in [0.3, 0.4) is 0 Å². The number of nitrogens with zero attached hydrogens (tertiary/aromatic N) is 1. The van der Waals surface area contributed by atoms with Crippen LogP contribution in [0.2, 0.25) is 5.02 Å². The molecule has 0 aliphatic heterocycles. The molecule has 2 aromatic heterocycles. The second kappa shape index (κ2) is 8.25. The summed E-state index contributed by atoms with van der Waals surface area (Å²) in [5.41, 5.74) is 3.63. The molecule has 4 rings (SSSR count). The molecular formula is C22H18ClNO3S. The molecule has 6 heteroatoms. The van der Waals surface area contributed by atoms with Gasteiger partial charge in [-0.3, -0.25) is 4.79 Å². The molecule has 2 aromatic carbocycles. The number of rotatable bonds is 6. The first-order chi connectivity index (χ1) is 13.6. The number of aromatic nitrogens is 1. The van der Waals surface area contributed by atoms with Gasteiger partial charge < -0.3 is 9.15 Å². The average Bonchev–Trinajstić information content (AvgIpc) is 3.13. The van der Waals surface area contributed by atoms with Crippen LogP contribution in [0.5, 0.6) is 0 Å². The maximum absolute atomic E-state index is 11.2. The quantitative estimate of drug-likeness (QED) is 0.283. The van der Waals surface area contributed by atoms with E-state index in [1.807, 2.05) is 48.5 Å². The fourth-order valence-corrected chi connectivity index (χ4v) is 4.02. The highest BCUT2D eigenvalue weighted by Gasteiger charge is 2.10. The van der Waals surface area contributed by atoms with Gasteiger partial charge in [0.15, 0.2) is 5.76 Å². The molecule has 0 saturated carbocycles. The highest BCUT2D eigenvalue weighted by molar-refractivity contribution is 7.98. The second-order valence-electron chi connectivity index (χ2n) is 6.40. The molecule has 4 aromatic rings. The fraction of sp³-hybridized carbons (Fsp3) is 0.182. The Morgan fingerprint density at radius 2 is 1.96 bits per heavy atom. The molecule has 0 fully saturated rings. The van der Waals surface area contributed by atoms with Gasteiger partial charge in [0, 0.05) is 27.3 Å². The maximum atomic E-state index is 11.2. The van der Waals surface area contributed by atoms with E-state index in [1.165, 1.54) is 12.7 Å². The highest BCUT2D eigenvalue weighted by atomic mass is 35.5. The van der Waals surface area contributed by atoms with Crippen LogP contribution in [0.25, 0.3) is 33.3 Å². The van der Waals surface area contributed by atoms with E-state index in [2.05, 4.69) is 15.8 Å². The summed E-state index contributed by atoms with van der Waals surface area (Å²) in [5.74, 6) is 2.13. The van der Waals surface area contributed by atoms with E-state index in [1.54, 1.807) is 11.8 Å². The van der Waals surface area contributed by atoms with Crippen molar-refractivity contribution in [1.82, 2.24) is 4.98 Å². The summed E-state index contributed by atoms with van der Waals surface area (Å²) in [7, 11) is 1.41. The third-order valence-corrected chi connectivity index (χ3v) is 5.70. The molecule has 2 heterocycles. The Labute approximate surface area is 171 Å². The van der Waals surface area contributed by atoms with Crippen molar-refractivity contribution in [3.05, 3.63) is 65.2 Å². The first-order valence-electron chi connectivity index (χ1n) is 8.86. The topological polar surface area (TPSA) is 52.3 Å². The molecule has 0 saturated heterocycles. The van der Waals surface area contributed by atoms with Crippen LogP contribution in [0.1, 0.15) is 12.0 Å². The van der Waals surface area contributed by atoms with E-state index in [9.17, 15) is 4.79 Å². The number of carbonyl (C=O) groups excluding carboxylic acids is 1. The average molecular weight is 412 g/mol. The van der Waals surface area contributed by atoms with Crippen LogP contribution in [0.15, 0.2) is 59.0 Å². The van der Waals surface area contributed by atoms with Gasteiger partial charge >= 0.3 is 5.97 Å². The first-order valence-corrected chi connectivity index (χ1v) is 10.4. The van der Waals surface area contributed by atoms with E-state index in [4.69, 9.17) is 16.0 Å². The van der Waals surface area contributed by atoms with Crippen LogP contribution < -0.4 is 0 Å². The Morgan fingerprint density at radius 1 is 1.11 bits per heavy atom. The third kappa shape index (κ3) is 4.16. The SMILES string of the molecule is COC(=O)CCSCc1ccc2oc(-c3ccc4ccc(Cl)cc4n3)cc2c1. The summed E-state index contributed by atoms with van der Waals surface area (Å²) in [5, 5.41) is 2.74. The fourth-order valence-electron chi connectivity index (χ4n) is 2.98. The van der Waals surface area contributed by atoms with E-state index >= 15 is 0 Å². The van der Waals surface area contributed by atoms with Crippen LogP contribution in [-0.4, -0.2) is 23.8 Å². The zero-order valence-electron chi connectivity index (χ0n) is 15.3. The van der Waals surface area contributed by atoms with Gasteiger partial charge in [0.1, 0.15) is 11.3 Å². The van der Waals surface area contributed by atoms with Crippen LogP contribution in [0.4, 0.5) is 0 Å². The molecule has 0 spiro atoms. The molecule has 4 nitrogen and oxygen atoms in total. The summed E-state index contributed by atoms with van der Waals surface area (Å²) >= 11 is 7.79. The van der Waals surface area contributed by atoms with E-state index in [0.29, 0.717) is 11.4 Å². The molecule has 0 aliphatic carbocycles. The van der Waals surface area contributed by atoms with Crippen LogP contribution in [-0.2, 0) is 15.3 Å². The summed E-state index contributed by atoms with van der Waals surface area (Å²) < 4.78 is 10.7. The predicted octanol–water partition coefficient (Wildman–Crippen LogP) is 6.10. The number of methoxy groups -OCH3 is 1. The summed E-state index contributed by atoms with van der Waals surface area (Å²) in [4.78, 5) is 15.9. The van der Waals surface area contributed by atoms with Crippen molar-refractivity contribution in [1.29, 1.82) is 0 Å². The van der Waals surface area contributed by atoms with Gasteiger partial charge in [0.05, 0.1) is 19.0 Å². The van der Waals surface area contributed by atoms with Crippen LogP contribution >= 0.6 is 23.4 Å². The predicted molar refractivity (Wildman–Crippen MR) is 115 cm³/mol. The number of pyridine rings is 1. The van der Waals surface area contributed by atoms with Crippen molar-refractivity contribution >= 4 is 51.2 Å². The highest BCUT2D eigenvalue weighted by Crippen LogP contribution is 2.30. The van der Waals surface area contributed by atoms with Crippen molar-refractivity contribution < 1.29 is 13.9 Å². The molecular weight excluding hydrogens is 394 g/mol. The van der Waals surface area contributed by atoms with Gasteiger partial charge in [0.2, 0.25) is 0 Å². The molecule has 0 bridgehead atoms. The molecule has 0 aliphatic rings. The van der Waals surface area contributed by atoms with Crippen molar-refractivity contribution in [3.63, 3.8) is 0 Å². The maximum Gasteiger partial charge on any atom is 0.306 e. The number of hydrogen-bond donors (Lipinski definition) is 0. The largest absolute Gasteiger partial charge is 0.469 e. The minimum atomic E-state index is -0.174. The van der Waals surface area contributed by atoms with Gasteiger partial charge in [-0.25, -0.2) is 4.98 Å². The molecule has 28 heavy (non-hydrogen) atoms. The molecule has 0 radical (unpaired) electrons. The monoisotopic (exact) mass is 411 g/mol. The van der Waals surface area contributed by atoms with Crippen molar-refractivity contribution in [2.24, 2.45) is 0 Å². The van der Waals surface area contributed by atoms with Crippen LogP contribution in [0, 0.1) is 0 Å². The Balaban J connectivity index is 1.54. The van der Waals surface area contributed by atoms with Gasteiger partial charge in [0.25, 0.3) is 0 Å². The number of esters is 1. The number of ether oxygens (including phenoxy) is 1. The number of carbonyl (C=O) groups is 1. The lowest BCUT2D eigenvalue weighted by Gasteiger charge is -2.01. The summed E-state index contributed by atoms with van der Waals surface area (Å²) in [6.45, 7) is 0. The molecule has 0 N–H and O–H groups in total. The van der Waals surface area contributed by atoms with Crippen molar-refractivity contribution in [2.75, 3.05) is 12.9 Å². The van der Waals surface area contributed by atoms with Gasteiger partial charge in [-0.15, -0.1) is 0 Å². The summed E-state index contributed by atoms with van der Waals surface area (Å²) in [6.07, 6.45) is 0.427. The number of hydrogen-bond acceptors (Lipinski definition) is 5. The Bertz CT molecular complexity index is 1160.